The van der Waals surface area contributed by atoms with Gasteiger partial charge in [0.15, 0.2) is 5.78 Å². The van der Waals surface area contributed by atoms with Crippen molar-refractivity contribution in [1.29, 1.82) is 0 Å². The maximum absolute atomic E-state index is 15.1. The second-order valence-electron chi connectivity index (χ2n) is 9.08. The molecule has 0 N–H and O–H groups in total. The van der Waals surface area contributed by atoms with Gasteiger partial charge in [-0.25, -0.2) is 4.39 Å². The standard InChI is InChI=1S/C29H28FNO2S/c30-26-14-8-7-13-25(26)29-16-15-24(33-19-21-9-3-1-4-10-21)17-23(29)20-34-28(31-29)18-27(32)22-11-5-2-6-12-22/h1-14,23-24H,15-20H2/t23-,24-,29-/m0/s1. The molecule has 1 heterocycles. The molecular weight excluding hydrogens is 445 g/mol. The number of nitrogens with zero attached hydrogens (tertiary/aromatic N) is 1. The molecule has 34 heavy (non-hydrogen) atoms. The lowest BCUT2D eigenvalue weighted by Gasteiger charge is -2.47. The summed E-state index contributed by atoms with van der Waals surface area (Å²) in [6, 6.07) is 26.5. The lowest BCUT2D eigenvalue weighted by Crippen LogP contribution is -2.46. The summed E-state index contributed by atoms with van der Waals surface area (Å²) in [7, 11) is 0. The Morgan fingerprint density at radius 2 is 1.71 bits per heavy atom. The zero-order chi connectivity index (χ0) is 23.4. The van der Waals surface area contributed by atoms with Crippen LogP contribution in [0.2, 0.25) is 0 Å². The van der Waals surface area contributed by atoms with E-state index in [0.717, 1.165) is 29.2 Å². The highest BCUT2D eigenvalue weighted by Crippen LogP contribution is 2.51. The fraction of sp³-hybridized carbons (Fsp3) is 0.310. The van der Waals surface area contributed by atoms with E-state index in [4.69, 9.17) is 9.73 Å². The number of fused-ring (bicyclic) bond motifs is 1. The van der Waals surface area contributed by atoms with Crippen molar-refractivity contribution in [3.05, 3.63) is 107 Å². The molecule has 0 bridgehead atoms. The lowest BCUT2D eigenvalue weighted by atomic mass is 9.68. The van der Waals surface area contributed by atoms with Gasteiger partial charge in [-0.3, -0.25) is 9.79 Å². The van der Waals surface area contributed by atoms with Crippen LogP contribution in [0.5, 0.6) is 0 Å². The number of carbonyl (C=O) groups excluding carboxylic acids is 1. The van der Waals surface area contributed by atoms with Crippen LogP contribution in [0.3, 0.4) is 0 Å². The van der Waals surface area contributed by atoms with E-state index in [1.807, 2.05) is 60.7 Å². The Labute approximate surface area is 204 Å². The van der Waals surface area contributed by atoms with Crippen LogP contribution in [0.4, 0.5) is 4.39 Å². The Hall–Kier alpha value is -2.76. The second-order valence-corrected chi connectivity index (χ2v) is 10.2. The summed E-state index contributed by atoms with van der Waals surface area (Å²) in [5, 5.41) is 0.803. The molecular formula is C29H28FNO2S. The quantitative estimate of drug-likeness (QED) is 0.353. The number of ketones is 1. The summed E-state index contributed by atoms with van der Waals surface area (Å²) in [6.45, 7) is 0.582. The normalized spacial score (nSPS) is 24.2. The molecule has 5 rings (SSSR count). The third kappa shape index (κ3) is 4.86. The van der Waals surface area contributed by atoms with Crippen LogP contribution in [-0.4, -0.2) is 22.7 Å². The first-order valence-corrected chi connectivity index (χ1v) is 12.8. The van der Waals surface area contributed by atoms with Gasteiger partial charge in [0.25, 0.3) is 0 Å². The fourth-order valence-corrected chi connectivity index (χ4v) is 6.41. The molecule has 3 atom stereocenters. The zero-order valence-electron chi connectivity index (χ0n) is 19.0. The number of halogens is 1. The number of rotatable bonds is 7. The molecule has 0 unspecified atom stereocenters. The van der Waals surface area contributed by atoms with Gasteiger partial charge in [0.05, 0.1) is 29.7 Å². The van der Waals surface area contributed by atoms with E-state index in [1.165, 1.54) is 6.07 Å². The number of aliphatic imine (C=N–C) groups is 1. The van der Waals surface area contributed by atoms with Gasteiger partial charge in [-0.15, -0.1) is 11.8 Å². The maximum atomic E-state index is 15.1. The summed E-state index contributed by atoms with van der Waals surface area (Å²) in [5.41, 5.74) is 1.85. The SMILES string of the molecule is O=C(CC1=N[C@@]2(c3ccccc3F)CC[C@H](OCc3ccccc3)C[C@H]2CS1)c1ccccc1. The van der Waals surface area contributed by atoms with Gasteiger partial charge < -0.3 is 4.74 Å². The number of hydrogen-bond acceptors (Lipinski definition) is 4. The fourth-order valence-electron chi connectivity index (χ4n) is 5.14. The molecule has 3 nitrogen and oxygen atoms in total. The molecule has 3 aromatic carbocycles. The minimum Gasteiger partial charge on any atom is -0.374 e. The van der Waals surface area contributed by atoms with Gasteiger partial charge in [0.2, 0.25) is 0 Å². The largest absolute Gasteiger partial charge is 0.374 e. The minimum atomic E-state index is -0.643. The van der Waals surface area contributed by atoms with Crippen LogP contribution >= 0.6 is 11.8 Å². The van der Waals surface area contributed by atoms with Gasteiger partial charge in [0, 0.05) is 22.8 Å². The maximum Gasteiger partial charge on any atom is 0.169 e. The van der Waals surface area contributed by atoms with E-state index < -0.39 is 5.54 Å². The Bertz CT molecular complexity index is 1170. The monoisotopic (exact) mass is 473 g/mol. The van der Waals surface area contributed by atoms with Crippen molar-refractivity contribution < 1.29 is 13.9 Å². The summed E-state index contributed by atoms with van der Waals surface area (Å²) in [5.74, 6) is 0.786. The molecule has 1 aliphatic carbocycles. The summed E-state index contributed by atoms with van der Waals surface area (Å²) >= 11 is 1.64. The van der Waals surface area contributed by atoms with Gasteiger partial charge in [0.1, 0.15) is 5.82 Å². The predicted octanol–water partition coefficient (Wildman–Crippen LogP) is 6.82. The predicted molar refractivity (Wildman–Crippen MR) is 136 cm³/mol. The molecule has 174 valence electrons. The van der Waals surface area contributed by atoms with Crippen molar-refractivity contribution in [2.45, 2.75) is 43.9 Å². The van der Waals surface area contributed by atoms with Crippen LogP contribution < -0.4 is 0 Å². The zero-order valence-corrected chi connectivity index (χ0v) is 19.8. The van der Waals surface area contributed by atoms with Gasteiger partial charge in [-0.1, -0.05) is 78.9 Å². The highest BCUT2D eigenvalue weighted by atomic mass is 32.2. The van der Waals surface area contributed by atoms with E-state index in [2.05, 4.69) is 12.1 Å². The van der Waals surface area contributed by atoms with Crippen LogP contribution in [0, 0.1) is 11.7 Å². The van der Waals surface area contributed by atoms with Crippen molar-refractivity contribution in [3.63, 3.8) is 0 Å². The van der Waals surface area contributed by atoms with Crippen molar-refractivity contribution >= 4 is 22.6 Å². The lowest BCUT2D eigenvalue weighted by molar-refractivity contribution is -0.0168. The molecule has 1 aliphatic heterocycles. The number of ether oxygens (including phenoxy) is 1. The van der Waals surface area contributed by atoms with Crippen molar-refractivity contribution in [2.24, 2.45) is 10.9 Å². The first kappa shape index (κ1) is 23.0. The second kappa shape index (κ2) is 10.2. The smallest absolute Gasteiger partial charge is 0.169 e. The molecule has 0 radical (unpaired) electrons. The molecule has 0 aromatic heterocycles. The van der Waals surface area contributed by atoms with E-state index in [-0.39, 0.29) is 30.0 Å². The average molecular weight is 474 g/mol. The third-order valence-corrected chi connectivity index (χ3v) is 8.06. The Balaban J connectivity index is 1.38. The topological polar surface area (TPSA) is 38.7 Å². The van der Waals surface area contributed by atoms with E-state index in [0.29, 0.717) is 24.2 Å². The molecule has 1 saturated carbocycles. The highest BCUT2D eigenvalue weighted by Gasteiger charge is 2.48. The van der Waals surface area contributed by atoms with E-state index in [9.17, 15) is 4.79 Å². The minimum absolute atomic E-state index is 0.0499. The summed E-state index contributed by atoms with van der Waals surface area (Å²) < 4.78 is 21.4. The van der Waals surface area contributed by atoms with E-state index in [1.54, 1.807) is 17.8 Å². The first-order valence-electron chi connectivity index (χ1n) is 11.8. The Kier molecular flexibility index (Phi) is 6.93. The van der Waals surface area contributed by atoms with Crippen LogP contribution in [0.15, 0.2) is 89.9 Å². The number of hydrogen-bond donors (Lipinski definition) is 0. The third-order valence-electron chi connectivity index (χ3n) is 6.92. The van der Waals surface area contributed by atoms with Crippen molar-refractivity contribution in [3.8, 4) is 0 Å². The highest BCUT2D eigenvalue weighted by molar-refractivity contribution is 8.14. The van der Waals surface area contributed by atoms with E-state index >= 15 is 4.39 Å². The number of Topliss-reactive ketones (excluding diaryl/α,β-unsaturated/α-hetero) is 1. The van der Waals surface area contributed by atoms with Crippen LogP contribution in [0.1, 0.15) is 47.2 Å². The first-order chi connectivity index (χ1) is 16.6. The van der Waals surface area contributed by atoms with Crippen molar-refractivity contribution in [1.82, 2.24) is 0 Å². The molecule has 2 aliphatic rings. The summed E-state index contributed by atoms with van der Waals surface area (Å²) in [4.78, 5) is 18.0. The number of benzene rings is 3. The molecule has 0 spiro atoms. The molecule has 3 aromatic rings. The molecule has 0 saturated heterocycles. The van der Waals surface area contributed by atoms with Crippen LogP contribution in [-0.2, 0) is 16.9 Å². The Morgan fingerprint density at radius 1 is 1.00 bits per heavy atom. The van der Waals surface area contributed by atoms with Gasteiger partial charge in [-0.05, 0) is 30.9 Å². The molecule has 1 fully saturated rings. The molecule has 5 heteroatoms. The average Bonchev–Trinajstić information content (AvgIpc) is 2.88. The van der Waals surface area contributed by atoms with Gasteiger partial charge >= 0.3 is 0 Å². The number of carbonyl (C=O) groups is 1. The Morgan fingerprint density at radius 3 is 2.47 bits per heavy atom. The van der Waals surface area contributed by atoms with Gasteiger partial charge in [-0.2, -0.15) is 0 Å². The van der Waals surface area contributed by atoms with Crippen LogP contribution in [0.25, 0.3) is 0 Å². The van der Waals surface area contributed by atoms with Crippen molar-refractivity contribution in [2.75, 3.05) is 5.75 Å². The summed E-state index contributed by atoms with van der Waals surface area (Å²) in [6.07, 6.45) is 2.73. The molecule has 0 amide bonds. The number of thioether (sulfide) groups is 1.